The van der Waals surface area contributed by atoms with Gasteiger partial charge in [0.15, 0.2) is 5.78 Å². The highest BCUT2D eigenvalue weighted by Crippen LogP contribution is 2.20. The molecule has 0 fully saturated rings. The van der Waals surface area contributed by atoms with E-state index in [-0.39, 0.29) is 17.3 Å². The number of para-hydroxylation sites is 1. The van der Waals surface area contributed by atoms with Crippen molar-refractivity contribution in [2.24, 2.45) is 0 Å². The molecule has 0 aliphatic carbocycles. The van der Waals surface area contributed by atoms with Gasteiger partial charge in [0.05, 0.1) is 5.52 Å². The summed E-state index contributed by atoms with van der Waals surface area (Å²) in [6.45, 7) is 0. The molecule has 0 spiro atoms. The molecule has 0 aliphatic heterocycles. The molecule has 0 amide bonds. The lowest BCUT2D eigenvalue weighted by atomic mass is 10.0. The predicted molar refractivity (Wildman–Crippen MR) is 103 cm³/mol. The molecule has 0 aliphatic rings. The maximum atomic E-state index is 13.1. The maximum absolute atomic E-state index is 13.1. The van der Waals surface area contributed by atoms with Crippen LogP contribution in [0.5, 0.6) is 0 Å². The Morgan fingerprint density at radius 1 is 0.741 bits per heavy atom. The summed E-state index contributed by atoms with van der Waals surface area (Å²) < 4.78 is 1.42. The molecule has 4 aromatic rings. The first-order valence-electron chi connectivity index (χ1n) is 8.46. The van der Waals surface area contributed by atoms with E-state index in [1.54, 1.807) is 48.5 Å². The molecule has 0 unspecified atom stereocenters. The Balaban J connectivity index is 1.86. The molecule has 0 atom stereocenters. The fraction of sp³-hybridized carbons (Fsp3) is 0. The second-order valence-electron chi connectivity index (χ2n) is 5.94. The summed E-state index contributed by atoms with van der Waals surface area (Å²) in [4.78, 5) is 25.9. The van der Waals surface area contributed by atoms with E-state index in [2.05, 4.69) is 10.3 Å². The maximum Gasteiger partial charge on any atom is 0.211 e. The lowest BCUT2D eigenvalue weighted by molar-refractivity contribution is 0.102. The molecule has 0 saturated carbocycles. The SMILES string of the molecule is O=C(/C=C(\C(=O)c1ccccc1)n1nnc2ccccc21)c1ccccc1. The minimum Gasteiger partial charge on any atom is -0.289 e. The second kappa shape index (κ2) is 7.17. The van der Waals surface area contributed by atoms with Crippen LogP contribution in [0.2, 0.25) is 0 Å². The molecule has 130 valence electrons. The van der Waals surface area contributed by atoms with Crippen molar-refractivity contribution >= 4 is 28.3 Å². The number of hydrogen-bond acceptors (Lipinski definition) is 4. The lowest BCUT2D eigenvalue weighted by Crippen LogP contribution is -2.13. The van der Waals surface area contributed by atoms with Crippen molar-refractivity contribution in [2.75, 3.05) is 0 Å². The zero-order valence-electron chi connectivity index (χ0n) is 14.3. The molecule has 4 rings (SSSR count). The van der Waals surface area contributed by atoms with Crippen molar-refractivity contribution in [1.82, 2.24) is 15.0 Å². The van der Waals surface area contributed by atoms with Crippen LogP contribution in [0.25, 0.3) is 16.7 Å². The van der Waals surface area contributed by atoms with Gasteiger partial charge in [0, 0.05) is 17.2 Å². The molecule has 5 nitrogen and oxygen atoms in total. The van der Waals surface area contributed by atoms with Crippen LogP contribution in [-0.2, 0) is 0 Å². The fourth-order valence-corrected chi connectivity index (χ4v) is 2.82. The number of allylic oxidation sites excluding steroid dienone is 2. The van der Waals surface area contributed by atoms with Crippen molar-refractivity contribution < 1.29 is 9.59 Å². The van der Waals surface area contributed by atoms with Crippen LogP contribution in [0.3, 0.4) is 0 Å². The number of Topliss-reactive ketones (excluding diaryl/α,β-unsaturated/α-hetero) is 1. The van der Waals surface area contributed by atoms with E-state index >= 15 is 0 Å². The number of nitrogens with zero attached hydrogens (tertiary/aromatic N) is 3. The summed E-state index contributed by atoms with van der Waals surface area (Å²) in [7, 11) is 0. The Kier molecular flexibility index (Phi) is 4.41. The quantitative estimate of drug-likeness (QED) is 0.401. The van der Waals surface area contributed by atoms with Gasteiger partial charge >= 0.3 is 0 Å². The van der Waals surface area contributed by atoms with Gasteiger partial charge in [0.2, 0.25) is 5.78 Å². The van der Waals surface area contributed by atoms with E-state index in [1.807, 2.05) is 36.4 Å². The third-order valence-corrected chi connectivity index (χ3v) is 4.17. The van der Waals surface area contributed by atoms with Gasteiger partial charge in [-0.25, -0.2) is 4.68 Å². The number of benzene rings is 3. The first-order chi connectivity index (χ1) is 13.2. The van der Waals surface area contributed by atoms with E-state index in [0.717, 1.165) is 0 Å². The smallest absolute Gasteiger partial charge is 0.211 e. The second-order valence-corrected chi connectivity index (χ2v) is 5.94. The van der Waals surface area contributed by atoms with Gasteiger partial charge in [-0.05, 0) is 12.1 Å². The number of ketones is 2. The highest BCUT2D eigenvalue weighted by atomic mass is 16.1. The molecule has 1 aromatic heterocycles. The first-order valence-corrected chi connectivity index (χ1v) is 8.46. The number of carbonyl (C=O) groups is 2. The Bertz CT molecular complexity index is 1150. The average molecular weight is 353 g/mol. The highest BCUT2D eigenvalue weighted by molar-refractivity contribution is 6.29. The van der Waals surface area contributed by atoms with E-state index in [4.69, 9.17) is 0 Å². The summed E-state index contributed by atoms with van der Waals surface area (Å²) in [5, 5.41) is 8.22. The Morgan fingerprint density at radius 3 is 2.04 bits per heavy atom. The first kappa shape index (κ1) is 16.6. The molecule has 1 heterocycles. The largest absolute Gasteiger partial charge is 0.289 e. The van der Waals surface area contributed by atoms with Gasteiger partial charge < -0.3 is 0 Å². The van der Waals surface area contributed by atoms with Crippen LogP contribution in [0.4, 0.5) is 0 Å². The van der Waals surface area contributed by atoms with Crippen LogP contribution in [-0.4, -0.2) is 26.6 Å². The van der Waals surface area contributed by atoms with Gasteiger partial charge in [-0.2, -0.15) is 0 Å². The number of hydrogen-bond donors (Lipinski definition) is 0. The zero-order valence-corrected chi connectivity index (χ0v) is 14.3. The number of aromatic nitrogens is 3. The number of carbonyl (C=O) groups excluding carboxylic acids is 2. The van der Waals surface area contributed by atoms with Gasteiger partial charge in [-0.3, -0.25) is 9.59 Å². The Hall–Kier alpha value is -3.86. The van der Waals surface area contributed by atoms with Gasteiger partial charge in [0.1, 0.15) is 11.2 Å². The van der Waals surface area contributed by atoms with Crippen LogP contribution in [0.15, 0.2) is 91.0 Å². The summed E-state index contributed by atoms with van der Waals surface area (Å²) in [5.41, 5.74) is 2.44. The van der Waals surface area contributed by atoms with Gasteiger partial charge in [-0.1, -0.05) is 78.0 Å². The van der Waals surface area contributed by atoms with E-state index < -0.39 is 0 Å². The van der Waals surface area contributed by atoms with Crippen molar-refractivity contribution in [3.05, 3.63) is 102 Å². The van der Waals surface area contributed by atoms with Crippen molar-refractivity contribution in [3.8, 4) is 0 Å². The summed E-state index contributed by atoms with van der Waals surface area (Å²) in [6.07, 6.45) is 1.33. The highest BCUT2D eigenvalue weighted by Gasteiger charge is 2.19. The Labute approximate surface area is 155 Å². The van der Waals surface area contributed by atoms with Crippen LogP contribution < -0.4 is 0 Å². The normalized spacial score (nSPS) is 11.5. The lowest BCUT2D eigenvalue weighted by Gasteiger charge is -2.08. The molecule has 0 radical (unpaired) electrons. The molecule has 0 saturated heterocycles. The summed E-state index contributed by atoms with van der Waals surface area (Å²) in [5.74, 6) is -0.565. The van der Waals surface area contributed by atoms with E-state index in [9.17, 15) is 9.59 Å². The number of fused-ring (bicyclic) bond motifs is 1. The Morgan fingerprint density at radius 2 is 1.33 bits per heavy atom. The molecule has 27 heavy (non-hydrogen) atoms. The molecule has 5 heteroatoms. The van der Waals surface area contributed by atoms with Crippen molar-refractivity contribution in [2.45, 2.75) is 0 Å². The van der Waals surface area contributed by atoms with Crippen LogP contribution >= 0.6 is 0 Å². The minimum absolute atomic E-state index is 0.156. The minimum atomic E-state index is -0.296. The summed E-state index contributed by atoms with van der Waals surface area (Å²) >= 11 is 0. The van der Waals surface area contributed by atoms with E-state index in [0.29, 0.717) is 22.2 Å². The van der Waals surface area contributed by atoms with Crippen molar-refractivity contribution in [1.29, 1.82) is 0 Å². The topological polar surface area (TPSA) is 64.8 Å². The van der Waals surface area contributed by atoms with Crippen LogP contribution in [0, 0.1) is 0 Å². The monoisotopic (exact) mass is 353 g/mol. The molecular weight excluding hydrogens is 338 g/mol. The summed E-state index contributed by atoms with van der Waals surface area (Å²) in [6, 6.07) is 24.9. The fourth-order valence-electron chi connectivity index (χ4n) is 2.82. The number of rotatable bonds is 5. The molecular formula is C22H15N3O2. The van der Waals surface area contributed by atoms with Gasteiger partial charge in [0.25, 0.3) is 0 Å². The van der Waals surface area contributed by atoms with Crippen LogP contribution in [0.1, 0.15) is 20.7 Å². The van der Waals surface area contributed by atoms with Gasteiger partial charge in [-0.15, -0.1) is 5.10 Å². The third kappa shape index (κ3) is 3.30. The average Bonchev–Trinajstić information content (AvgIpc) is 3.16. The zero-order chi connectivity index (χ0) is 18.6. The molecule has 0 N–H and O–H groups in total. The van der Waals surface area contributed by atoms with E-state index in [1.165, 1.54) is 10.8 Å². The standard InChI is InChI=1S/C22H15N3O2/c26-21(16-9-3-1-4-10-16)15-20(22(27)17-11-5-2-6-12-17)25-19-14-8-7-13-18(19)23-24-25/h1-15H/b20-15+. The predicted octanol–water partition coefficient (Wildman–Crippen LogP) is 4.04. The molecule has 3 aromatic carbocycles. The molecule has 0 bridgehead atoms. The van der Waals surface area contributed by atoms with Crippen molar-refractivity contribution in [3.63, 3.8) is 0 Å². The third-order valence-electron chi connectivity index (χ3n) is 4.17.